The Morgan fingerprint density at radius 1 is 1.12 bits per heavy atom. The molecule has 136 valence electrons. The number of hydrogen-bond donors (Lipinski definition) is 0. The van der Waals surface area contributed by atoms with E-state index in [1.54, 1.807) is 11.3 Å². The predicted octanol–water partition coefficient (Wildman–Crippen LogP) is 4.23. The lowest BCUT2D eigenvalue weighted by atomic mass is 10.2. The van der Waals surface area contributed by atoms with Crippen molar-refractivity contribution >= 4 is 21.7 Å². The SMILES string of the molecule is Cc1cc(O[C@@H]2CCN([C@H](C)c3ccc4sc(C)nc4n3)C2)cc(C)n1. The maximum Gasteiger partial charge on any atom is 0.170 e. The number of aromatic nitrogens is 3. The minimum atomic E-state index is 0.212. The molecule has 3 aromatic heterocycles. The molecule has 0 amide bonds. The number of ether oxygens (including phenoxy) is 1. The number of thiazole rings is 1. The monoisotopic (exact) mass is 368 g/mol. The van der Waals surface area contributed by atoms with E-state index in [0.717, 1.165) is 57.7 Å². The molecule has 1 fully saturated rings. The zero-order chi connectivity index (χ0) is 18.3. The largest absolute Gasteiger partial charge is 0.489 e. The van der Waals surface area contributed by atoms with Crippen LogP contribution in [0.15, 0.2) is 24.3 Å². The lowest BCUT2D eigenvalue weighted by molar-refractivity contribution is 0.181. The number of hydrogen-bond acceptors (Lipinski definition) is 6. The van der Waals surface area contributed by atoms with Gasteiger partial charge in [-0.2, -0.15) is 0 Å². The summed E-state index contributed by atoms with van der Waals surface area (Å²) < 4.78 is 7.37. The molecule has 1 aliphatic heterocycles. The molecule has 0 radical (unpaired) electrons. The van der Waals surface area contributed by atoms with Gasteiger partial charge in [-0.15, -0.1) is 11.3 Å². The smallest absolute Gasteiger partial charge is 0.170 e. The molecule has 2 atom stereocenters. The highest BCUT2D eigenvalue weighted by Crippen LogP contribution is 2.28. The molecule has 1 aliphatic rings. The highest BCUT2D eigenvalue weighted by atomic mass is 32.1. The summed E-state index contributed by atoms with van der Waals surface area (Å²) in [6.45, 7) is 10.2. The molecular formula is C20H24N4OS. The molecule has 0 spiro atoms. The summed E-state index contributed by atoms with van der Waals surface area (Å²) in [7, 11) is 0. The van der Waals surface area contributed by atoms with E-state index in [4.69, 9.17) is 9.72 Å². The topological polar surface area (TPSA) is 51.1 Å². The molecule has 0 unspecified atom stereocenters. The summed E-state index contributed by atoms with van der Waals surface area (Å²) in [5, 5.41) is 1.06. The molecule has 26 heavy (non-hydrogen) atoms. The van der Waals surface area contributed by atoms with Crippen molar-refractivity contribution in [3.8, 4) is 5.75 Å². The summed E-state index contributed by atoms with van der Waals surface area (Å²) in [5.41, 5.74) is 3.95. The molecular weight excluding hydrogens is 344 g/mol. The summed E-state index contributed by atoms with van der Waals surface area (Å²) >= 11 is 1.70. The van der Waals surface area contributed by atoms with E-state index in [1.165, 1.54) is 0 Å². The van der Waals surface area contributed by atoms with Crippen molar-refractivity contribution in [3.05, 3.63) is 46.4 Å². The highest BCUT2D eigenvalue weighted by molar-refractivity contribution is 7.18. The van der Waals surface area contributed by atoms with Crippen LogP contribution < -0.4 is 4.74 Å². The van der Waals surface area contributed by atoms with Crippen molar-refractivity contribution in [3.63, 3.8) is 0 Å². The predicted molar refractivity (Wildman–Crippen MR) is 105 cm³/mol. The van der Waals surface area contributed by atoms with Crippen LogP contribution in [0.5, 0.6) is 5.75 Å². The summed E-state index contributed by atoms with van der Waals surface area (Å²) in [6, 6.07) is 8.56. The fourth-order valence-electron chi connectivity index (χ4n) is 3.62. The maximum absolute atomic E-state index is 6.21. The van der Waals surface area contributed by atoms with E-state index in [-0.39, 0.29) is 12.1 Å². The first kappa shape index (κ1) is 17.4. The second-order valence-corrected chi connectivity index (χ2v) is 8.31. The van der Waals surface area contributed by atoms with E-state index >= 15 is 0 Å². The summed E-state index contributed by atoms with van der Waals surface area (Å²) in [4.78, 5) is 16.2. The van der Waals surface area contributed by atoms with Crippen LogP contribution in [0.1, 0.15) is 41.5 Å². The standard InChI is InChI=1S/C20H24N4OS/c1-12-9-17(10-13(2)21-12)25-16-7-8-24(11-16)14(3)18-5-6-19-20(23-18)22-15(4)26-19/h5-6,9-10,14,16H,7-8,11H2,1-4H3/t14-,16-/m1/s1. The fraction of sp³-hybridized carbons (Fsp3) is 0.450. The molecule has 4 heterocycles. The van der Waals surface area contributed by atoms with Gasteiger partial charge >= 0.3 is 0 Å². The van der Waals surface area contributed by atoms with Crippen molar-refractivity contribution in [2.75, 3.05) is 13.1 Å². The van der Waals surface area contributed by atoms with Gasteiger partial charge in [0, 0.05) is 42.7 Å². The average Bonchev–Trinajstić information content (AvgIpc) is 3.17. The zero-order valence-corrected chi connectivity index (χ0v) is 16.5. The molecule has 6 heteroatoms. The third kappa shape index (κ3) is 3.57. The van der Waals surface area contributed by atoms with Crippen LogP contribution in [0.3, 0.4) is 0 Å². The van der Waals surface area contributed by atoms with Crippen LogP contribution in [-0.4, -0.2) is 39.0 Å². The Labute approximate surface area is 158 Å². The average molecular weight is 369 g/mol. The lowest BCUT2D eigenvalue weighted by Crippen LogP contribution is -2.28. The second-order valence-electron chi connectivity index (χ2n) is 7.08. The van der Waals surface area contributed by atoms with Crippen LogP contribution in [-0.2, 0) is 0 Å². The molecule has 1 saturated heterocycles. The molecule has 0 N–H and O–H groups in total. The lowest BCUT2D eigenvalue weighted by Gasteiger charge is -2.24. The van der Waals surface area contributed by atoms with Crippen molar-refractivity contribution in [1.82, 2.24) is 19.9 Å². The number of nitrogens with zero attached hydrogens (tertiary/aromatic N) is 4. The number of fused-ring (bicyclic) bond motifs is 1. The van der Waals surface area contributed by atoms with Gasteiger partial charge in [0.15, 0.2) is 5.65 Å². The van der Waals surface area contributed by atoms with Gasteiger partial charge in [0.05, 0.1) is 15.4 Å². The van der Waals surface area contributed by atoms with Gasteiger partial charge in [-0.25, -0.2) is 9.97 Å². The van der Waals surface area contributed by atoms with E-state index in [0.29, 0.717) is 0 Å². The van der Waals surface area contributed by atoms with Gasteiger partial charge in [-0.3, -0.25) is 9.88 Å². The van der Waals surface area contributed by atoms with Crippen molar-refractivity contribution in [2.24, 2.45) is 0 Å². The van der Waals surface area contributed by atoms with Gasteiger partial charge < -0.3 is 4.74 Å². The van der Waals surface area contributed by atoms with Gasteiger partial charge in [-0.05, 0) is 46.2 Å². The summed E-state index contributed by atoms with van der Waals surface area (Å²) in [5.74, 6) is 0.923. The first-order valence-electron chi connectivity index (χ1n) is 9.08. The molecule has 4 rings (SSSR count). The fourth-order valence-corrected chi connectivity index (χ4v) is 4.39. The molecule has 0 aliphatic carbocycles. The number of rotatable bonds is 4. The molecule has 0 aromatic carbocycles. The third-order valence-electron chi connectivity index (χ3n) is 4.89. The Balaban J connectivity index is 1.45. The van der Waals surface area contributed by atoms with Gasteiger partial charge in [0.25, 0.3) is 0 Å². The van der Waals surface area contributed by atoms with Crippen LogP contribution >= 0.6 is 11.3 Å². The Hall–Kier alpha value is -2.05. The Morgan fingerprint density at radius 3 is 2.65 bits per heavy atom. The number of pyridine rings is 2. The van der Waals surface area contributed by atoms with Crippen LogP contribution in [0, 0.1) is 20.8 Å². The van der Waals surface area contributed by atoms with Crippen molar-refractivity contribution < 1.29 is 4.74 Å². The van der Waals surface area contributed by atoms with E-state index < -0.39 is 0 Å². The maximum atomic E-state index is 6.21. The van der Waals surface area contributed by atoms with Gasteiger partial charge in [0.1, 0.15) is 11.9 Å². The molecule has 0 saturated carbocycles. The first-order chi connectivity index (χ1) is 12.5. The normalized spacial score (nSPS) is 19.2. The third-order valence-corrected chi connectivity index (χ3v) is 5.82. The molecule has 0 bridgehead atoms. The minimum absolute atomic E-state index is 0.212. The quantitative estimate of drug-likeness (QED) is 0.690. The molecule has 3 aromatic rings. The van der Waals surface area contributed by atoms with Crippen molar-refractivity contribution in [1.29, 1.82) is 0 Å². The Bertz CT molecular complexity index is 918. The number of likely N-dealkylation sites (tertiary alicyclic amines) is 1. The van der Waals surface area contributed by atoms with Gasteiger partial charge in [0.2, 0.25) is 0 Å². The van der Waals surface area contributed by atoms with Crippen LogP contribution in [0.4, 0.5) is 0 Å². The van der Waals surface area contributed by atoms with Crippen LogP contribution in [0.2, 0.25) is 0 Å². The van der Waals surface area contributed by atoms with Gasteiger partial charge in [-0.1, -0.05) is 0 Å². The first-order valence-corrected chi connectivity index (χ1v) is 9.89. The minimum Gasteiger partial charge on any atom is -0.489 e. The zero-order valence-electron chi connectivity index (χ0n) is 15.7. The highest BCUT2D eigenvalue weighted by Gasteiger charge is 2.29. The van der Waals surface area contributed by atoms with Crippen molar-refractivity contribution in [2.45, 2.75) is 46.3 Å². The Kier molecular flexibility index (Phi) is 4.63. The number of aryl methyl sites for hydroxylation is 3. The van der Waals surface area contributed by atoms with E-state index in [2.05, 4.69) is 33.9 Å². The van der Waals surface area contributed by atoms with E-state index in [9.17, 15) is 0 Å². The second kappa shape index (κ2) is 6.93. The summed E-state index contributed by atoms with van der Waals surface area (Å²) in [6.07, 6.45) is 1.24. The Morgan fingerprint density at radius 2 is 1.88 bits per heavy atom. The van der Waals surface area contributed by atoms with Crippen LogP contribution in [0.25, 0.3) is 10.3 Å². The van der Waals surface area contributed by atoms with E-state index in [1.807, 2.05) is 32.9 Å². The molecule has 5 nitrogen and oxygen atoms in total.